The average Bonchev–Trinajstić information content (AvgIpc) is 2.81. The first-order valence-corrected chi connectivity index (χ1v) is 10.7. The van der Waals surface area contributed by atoms with Crippen molar-refractivity contribution in [2.45, 2.75) is 97.7 Å². The fourth-order valence-corrected chi connectivity index (χ4v) is 7.71. The molecule has 0 aromatic carbocycles. The summed E-state index contributed by atoms with van der Waals surface area (Å²) in [6, 6.07) is 0. The van der Waals surface area contributed by atoms with Gasteiger partial charge in [-0.2, -0.15) is 0 Å². The Morgan fingerprint density at radius 1 is 1.00 bits per heavy atom. The maximum Gasteiger partial charge on any atom is 0.0584 e. The molecule has 4 fully saturated rings. The van der Waals surface area contributed by atoms with Crippen molar-refractivity contribution in [3.05, 3.63) is 12.2 Å². The van der Waals surface area contributed by atoms with E-state index < -0.39 is 0 Å². The second-order valence-electron chi connectivity index (χ2n) is 10.3. The van der Waals surface area contributed by atoms with Crippen LogP contribution >= 0.6 is 0 Å². The second kappa shape index (κ2) is 5.86. The molecule has 136 valence electrons. The minimum Gasteiger partial charge on any atom is -0.376 e. The van der Waals surface area contributed by atoms with Gasteiger partial charge >= 0.3 is 0 Å². The van der Waals surface area contributed by atoms with E-state index in [9.17, 15) is 0 Å². The molecule has 1 heteroatoms. The molecule has 0 aromatic heterocycles. The Labute approximate surface area is 149 Å². The van der Waals surface area contributed by atoms with Gasteiger partial charge in [0.25, 0.3) is 0 Å². The summed E-state index contributed by atoms with van der Waals surface area (Å²) in [5.74, 6) is 3.79. The smallest absolute Gasteiger partial charge is 0.0584 e. The van der Waals surface area contributed by atoms with Crippen molar-refractivity contribution < 1.29 is 4.74 Å². The lowest BCUT2D eigenvalue weighted by Crippen LogP contribution is -2.54. The molecule has 24 heavy (non-hydrogen) atoms. The third-order valence-corrected chi connectivity index (χ3v) is 8.99. The lowest BCUT2D eigenvalue weighted by Gasteiger charge is -2.61. The molecule has 4 aliphatic carbocycles. The van der Waals surface area contributed by atoms with Crippen LogP contribution in [0.2, 0.25) is 0 Å². The summed E-state index contributed by atoms with van der Waals surface area (Å²) >= 11 is 0. The third kappa shape index (κ3) is 2.44. The second-order valence-corrected chi connectivity index (χ2v) is 10.3. The lowest BCUT2D eigenvalue weighted by molar-refractivity contribution is -0.139. The van der Waals surface area contributed by atoms with E-state index in [2.05, 4.69) is 34.3 Å². The average molecular weight is 331 g/mol. The minimum atomic E-state index is 0.377. The predicted molar refractivity (Wildman–Crippen MR) is 101 cm³/mol. The van der Waals surface area contributed by atoms with Gasteiger partial charge in [0, 0.05) is 0 Å². The van der Waals surface area contributed by atoms with Crippen LogP contribution in [0.25, 0.3) is 0 Å². The van der Waals surface area contributed by atoms with Gasteiger partial charge in [-0.05, 0) is 106 Å². The van der Waals surface area contributed by atoms with Crippen LogP contribution < -0.4 is 0 Å². The zero-order valence-electron chi connectivity index (χ0n) is 16.4. The Balaban J connectivity index is 1.58. The number of allylic oxidation sites excluding steroid dienone is 1. The van der Waals surface area contributed by atoms with Gasteiger partial charge in [0.15, 0.2) is 0 Å². The molecule has 0 bridgehead atoms. The zero-order chi connectivity index (χ0) is 17.1. The van der Waals surface area contributed by atoms with E-state index in [1.807, 2.05) is 0 Å². The first-order chi connectivity index (χ1) is 11.3. The topological polar surface area (TPSA) is 9.23 Å². The maximum atomic E-state index is 6.29. The molecule has 0 spiro atoms. The van der Waals surface area contributed by atoms with Gasteiger partial charge in [0.2, 0.25) is 0 Å². The fraction of sp³-hybridized carbons (Fsp3) is 0.913. The van der Waals surface area contributed by atoms with Gasteiger partial charge < -0.3 is 4.74 Å². The van der Waals surface area contributed by atoms with E-state index in [4.69, 9.17) is 4.74 Å². The fourth-order valence-electron chi connectivity index (χ4n) is 7.71. The van der Waals surface area contributed by atoms with Crippen LogP contribution in [0.15, 0.2) is 12.2 Å². The first-order valence-electron chi connectivity index (χ1n) is 10.7. The molecule has 0 aromatic rings. The number of hydrogen-bond acceptors (Lipinski definition) is 1. The predicted octanol–water partition coefficient (Wildman–Crippen LogP) is 6.38. The van der Waals surface area contributed by atoms with Crippen LogP contribution in [0.3, 0.4) is 0 Å². The summed E-state index contributed by atoms with van der Waals surface area (Å²) in [7, 11) is 0. The molecular formula is C23H38O. The molecule has 0 saturated heterocycles. The molecule has 0 aliphatic heterocycles. The van der Waals surface area contributed by atoms with Crippen LogP contribution in [-0.4, -0.2) is 12.2 Å². The van der Waals surface area contributed by atoms with E-state index in [-0.39, 0.29) is 0 Å². The Kier molecular flexibility index (Phi) is 4.18. The van der Waals surface area contributed by atoms with E-state index in [1.54, 1.807) is 5.57 Å². The summed E-state index contributed by atoms with van der Waals surface area (Å²) in [6.07, 6.45) is 13.4. The van der Waals surface area contributed by atoms with E-state index in [0.717, 1.165) is 23.7 Å². The number of fused-ring (bicyclic) bond motifs is 5. The van der Waals surface area contributed by atoms with E-state index >= 15 is 0 Å². The third-order valence-electron chi connectivity index (χ3n) is 8.99. The lowest BCUT2D eigenvalue weighted by atomic mass is 9.45. The molecular weight excluding hydrogens is 292 g/mol. The summed E-state index contributed by atoms with van der Waals surface area (Å²) in [5.41, 5.74) is 2.57. The zero-order valence-corrected chi connectivity index (χ0v) is 16.4. The monoisotopic (exact) mass is 330 g/mol. The van der Waals surface area contributed by atoms with Gasteiger partial charge in [-0.1, -0.05) is 26.0 Å². The molecule has 0 radical (unpaired) electrons. The SMILES string of the molecule is C=C1CCC2C3CCC4CCC(OC(C)C)CC4(C)C3CCC12C. The van der Waals surface area contributed by atoms with Crippen LogP contribution in [-0.2, 0) is 4.74 Å². The molecule has 0 heterocycles. The molecule has 4 saturated carbocycles. The number of hydrogen-bond donors (Lipinski definition) is 0. The van der Waals surface area contributed by atoms with Gasteiger partial charge in [0.05, 0.1) is 12.2 Å². The summed E-state index contributed by atoms with van der Waals surface area (Å²) in [6.45, 7) is 14.1. The quantitative estimate of drug-likeness (QED) is 0.534. The number of rotatable bonds is 2. The van der Waals surface area contributed by atoms with Gasteiger partial charge in [-0.15, -0.1) is 0 Å². The maximum absolute atomic E-state index is 6.29. The molecule has 7 unspecified atom stereocenters. The molecule has 0 amide bonds. The van der Waals surface area contributed by atoms with Crippen molar-refractivity contribution in [3.8, 4) is 0 Å². The van der Waals surface area contributed by atoms with Crippen molar-refractivity contribution in [1.82, 2.24) is 0 Å². The van der Waals surface area contributed by atoms with Crippen molar-refractivity contribution in [2.75, 3.05) is 0 Å². The highest BCUT2D eigenvalue weighted by atomic mass is 16.5. The largest absolute Gasteiger partial charge is 0.376 e. The van der Waals surface area contributed by atoms with E-state index in [1.165, 1.54) is 57.8 Å². The Hall–Kier alpha value is -0.300. The molecule has 1 nitrogen and oxygen atoms in total. The van der Waals surface area contributed by atoms with Crippen LogP contribution in [0.1, 0.15) is 85.5 Å². The van der Waals surface area contributed by atoms with Gasteiger partial charge in [0.1, 0.15) is 0 Å². The summed E-state index contributed by atoms with van der Waals surface area (Å²) in [5, 5.41) is 0. The Morgan fingerprint density at radius 3 is 2.50 bits per heavy atom. The normalized spacial score (nSPS) is 51.2. The molecule has 4 aliphatic rings. The Bertz CT molecular complexity index is 508. The van der Waals surface area contributed by atoms with Crippen LogP contribution in [0.5, 0.6) is 0 Å². The molecule has 4 rings (SSSR count). The van der Waals surface area contributed by atoms with Gasteiger partial charge in [-0.25, -0.2) is 0 Å². The standard InChI is InChI=1S/C23H38O/c1-15(2)24-18-9-7-17-8-10-19-20-11-6-16(3)22(20,4)13-12-21(19)23(17,5)14-18/h15,17-21H,3,6-14H2,1-2,4-5H3. The Morgan fingerprint density at radius 2 is 1.75 bits per heavy atom. The van der Waals surface area contributed by atoms with Crippen LogP contribution in [0.4, 0.5) is 0 Å². The highest BCUT2D eigenvalue weighted by Crippen LogP contribution is 2.67. The van der Waals surface area contributed by atoms with Gasteiger partial charge in [-0.3, -0.25) is 0 Å². The minimum absolute atomic E-state index is 0.377. The van der Waals surface area contributed by atoms with Crippen molar-refractivity contribution in [1.29, 1.82) is 0 Å². The van der Waals surface area contributed by atoms with Crippen molar-refractivity contribution in [2.24, 2.45) is 34.5 Å². The highest BCUT2D eigenvalue weighted by Gasteiger charge is 2.58. The highest BCUT2D eigenvalue weighted by molar-refractivity contribution is 5.21. The molecule has 7 atom stereocenters. The van der Waals surface area contributed by atoms with Crippen molar-refractivity contribution >= 4 is 0 Å². The summed E-state index contributed by atoms with van der Waals surface area (Å²) in [4.78, 5) is 0. The number of ether oxygens (including phenoxy) is 1. The summed E-state index contributed by atoms with van der Waals surface area (Å²) < 4.78 is 6.29. The first kappa shape index (κ1) is 17.1. The van der Waals surface area contributed by atoms with Crippen LogP contribution in [0, 0.1) is 34.5 Å². The van der Waals surface area contributed by atoms with Crippen molar-refractivity contribution in [3.63, 3.8) is 0 Å². The van der Waals surface area contributed by atoms with E-state index in [0.29, 0.717) is 23.0 Å². The molecule has 0 N–H and O–H groups in total.